The van der Waals surface area contributed by atoms with Crippen LogP contribution in [0, 0.1) is 5.92 Å². The summed E-state index contributed by atoms with van der Waals surface area (Å²) in [6.07, 6.45) is 8.18. The lowest BCUT2D eigenvalue weighted by Gasteiger charge is -2.05. The fourth-order valence-corrected chi connectivity index (χ4v) is 1.57. The van der Waals surface area contributed by atoms with E-state index in [1.807, 2.05) is 25.2 Å². The third-order valence-electron chi connectivity index (χ3n) is 2.29. The summed E-state index contributed by atoms with van der Waals surface area (Å²) in [7, 11) is 3.86. The summed E-state index contributed by atoms with van der Waals surface area (Å²) in [4.78, 5) is 13.3. The van der Waals surface area contributed by atoms with Crippen molar-refractivity contribution in [2.75, 3.05) is 14.1 Å². The predicted octanol–water partition coefficient (Wildman–Crippen LogP) is 1.82. The second-order valence-corrected chi connectivity index (χ2v) is 3.66. The summed E-state index contributed by atoms with van der Waals surface area (Å²) >= 11 is 0. The van der Waals surface area contributed by atoms with Crippen LogP contribution in [0.4, 0.5) is 0 Å². The van der Waals surface area contributed by atoms with Gasteiger partial charge in [-0.2, -0.15) is 0 Å². The van der Waals surface area contributed by atoms with Gasteiger partial charge in [0.05, 0.1) is 0 Å². The van der Waals surface area contributed by atoms with Gasteiger partial charge in [-0.3, -0.25) is 4.79 Å². The molecule has 0 aromatic carbocycles. The minimum atomic E-state index is 0.307. The monoisotopic (exact) mass is 167 g/mol. The molecule has 1 saturated carbocycles. The second kappa shape index (κ2) is 4.29. The van der Waals surface area contributed by atoms with E-state index in [1.54, 1.807) is 6.08 Å². The fourth-order valence-electron chi connectivity index (χ4n) is 1.57. The molecule has 2 heteroatoms. The van der Waals surface area contributed by atoms with Crippen molar-refractivity contribution in [3.63, 3.8) is 0 Å². The summed E-state index contributed by atoms with van der Waals surface area (Å²) in [5, 5.41) is 0. The van der Waals surface area contributed by atoms with Crippen LogP contribution in [0.5, 0.6) is 0 Å². The van der Waals surface area contributed by atoms with Crippen LogP contribution in [0.25, 0.3) is 0 Å². The molecule has 0 aromatic heterocycles. The largest absolute Gasteiger partial charge is 0.383 e. The van der Waals surface area contributed by atoms with Crippen molar-refractivity contribution in [3.8, 4) is 0 Å². The minimum absolute atomic E-state index is 0.307. The van der Waals surface area contributed by atoms with Gasteiger partial charge in [-0.05, 0) is 18.9 Å². The first-order valence-corrected chi connectivity index (χ1v) is 4.58. The normalized spacial score (nSPS) is 18.8. The van der Waals surface area contributed by atoms with Crippen molar-refractivity contribution in [1.29, 1.82) is 0 Å². The third-order valence-corrected chi connectivity index (χ3v) is 2.29. The van der Waals surface area contributed by atoms with Gasteiger partial charge in [-0.25, -0.2) is 0 Å². The first-order valence-electron chi connectivity index (χ1n) is 4.58. The number of carbonyl (C=O) groups is 1. The Morgan fingerprint density at radius 3 is 2.42 bits per heavy atom. The Hall–Kier alpha value is -0.790. The number of carbonyl (C=O) groups excluding carboxylic acids is 1. The quantitative estimate of drug-likeness (QED) is 0.598. The maximum absolute atomic E-state index is 11.4. The Kier molecular flexibility index (Phi) is 3.32. The lowest BCUT2D eigenvalue weighted by atomic mass is 10.0. The molecule has 2 nitrogen and oxygen atoms in total. The molecule has 12 heavy (non-hydrogen) atoms. The Morgan fingerprint density at radius 1 is 1.33 bits per heavy atom. The van der Waals surface area contributed by atoms with Crippen LogP contribution in [0.2, 0.25) is 0 Å². The van der Waals surface area contributed by atoms with E-state index in [0.717, 1.165) is 12.8 Å². The van der Waals surface area contributed by atoms with Crippen molar-refractivity contribution in [2.45, 2.75) is 25.7 Å². The zero-order valence-corrected chi connectivity index (χ0v) is 7.92. The molecule has 1 aliphatic rings. The second-order valence-electron chi connectivity index (χ2n) is 3.66. The highest BCUT2D eigenvalue weighted by molar-refractivity contribution is 5.91. The molecule has 0 heterocycles. The summed E-state index contributed by atoms with van der Waals surface area (Å²) in [5.74, 6) is 0.627. The Balaban J connectivity index is 2.36. The van der Waals surface area contributed by atoms with Gasteiger partial charge in [0.1, 0.15) is 0 Å². The van der Waals surface area contributed by atoms with E-state index >= 15 is 0 Å². The molecule has 0 bridgehead atoms. The molecule has 68 valence electrons. The van der Waals surface area contributed by atoms with E-state index in [-0.39, 0.29) is 0 Å². The molecule has 0 spiro atoms. The first-order chi connectivity index (χ1) is 5.70. The van der Waals surface area contributed by atoms with Gasteiger partial charge in [-0.15, -0.1) is 0 Å². The molecule has 1 rings (SSSR count). The average Bonchev–Trinajstić information content (AvgIpc) is 2.51. The minimum Gasteiger partial charge on any atom is -0.383 e. The summed E-state index contributed by atoms with van der Waals surface area (Å²) in [5.41, 5.74) is 0. The lowest BCUT2D eigenvalue weighted by Crippen LogP contribution is -2.09. The van der Waals surface area contributed by atoms with Gasteiger partial charge in [0.25, 0.3) is 0 Å². The van der Waals surface area contributed by atoms with Crippen molar-refractivity contribution >= 4 is 5.78 Å². The van der Waals surface area contributed by atoms with Gasteiger partial charge < -0.3 is 4.90 Å². The van der Waals surface area contributed by atoms with Crippen molar-refractivity contribution in [1.82, 2.24) is 4.90 Å². The number of nitrogens with zero attached hydrogens (tertiary/aromatic N) is 1. The van der Waals surface area contributed by atoms with E-state index in [2.05, 4.69) is 0 Å². The van der Waals surface area contributed by atoms with E-state index < -0.39 is 0 Å². The average molecular weight is 167 g/mol. The molecular weight excluding hydrogens is 150 g/mol. The molecule has 0 aliphatic heterocycles. The zero-order valence-electron chi connectivity index (χ0n) is 7.92. The molecule has 1 aliphatic carbocycles. The fraction of sp³-hybridized carbons (Fsp3) is 0.700. The van der Waals surface area contributed by atoms with Crippen LogP contribution < -0.4 is 0 Å². The van der Waals surface area contributed by atoms with E-state index in [1.165, 1.54) is 12.8 Å². The van der Waals surface area contributed by atoms with Crippen LogP contribution in [-0.4, -0.2) is 24.8 Å². The van der Waals surface area contributed by atoms with E-state index in [9.17, 15) is 4.79 Å². The number of ketones is 1. The summed E-state index contributed by atoms with van der Waals surface area (Å²) in [6.45, 7) is 0. The van der Waals surface area contributed by atoms with Crippen molar-refractivity contribution < 1.29 is 4.79 Å². The predicted molar refractivity (Wildman–Crippen MR) is 49.8 cm³/mol. The summed E-state index contributed by atoms with van der Waals surface area (Å²) in [6, 6.07) is 0. The SMILES string of the molecule is CN(C)/C=C/C(=O)C1CCCC1. The maximum atomic E-state index is 11.4. The van der Waals surface area contributed by atoms with Crippen LogP contribution in [0.1, 0.15) is 25.7 Å². The molecule has 0 radical (unpaired) electrons. The molecule has 0 aromatic rings. The smallest absolute Gasteiger partial charge is 0.160 e. The van der Waals surface area contributed by atoms with Crippen molar-refractivity contribution in [3.05, 3.63) is 12.3 Å². The maximum Gasteiger partial charge on any atom is 0.160 e. The Bertz CT molecular complexity index is 178. The van der Waals surface area contributed by atoms with E-state index in [4.69, 9.17) is 0 Å². The van der Waals surface area contributed by atoms with E-state index in [0.29, 0.717) is 11.7 Å². The lowest BCUT2D eigenvalue weighted by molar-refractivity contribution is -0.118. The molecule has 0 saturated heterocycles. The number of rotatable bonds is 3. The standard InChI is InChI=1S/C10H17NO/c1-11(2)8-7-10(12)9-5-3-4-6-9/h7-9H,3-6H2,1-2H3/b8-7+. The van der Waals surface area contributed by atoms with Gasteiger partial charge in [0.2, 0.25) is 0 Å². The van der Waals surface area contributed by atoms with Crippen LogP contribution >= 0.6 is 0 Å². The van der Waals surface area contributed by atoms with Gasteiger partial charge >= 0.3 is 0 Å². The Labute approximate surface area is 74.2 Å². The summed E-state index contributed by atoms with van der Waals surface area (Å²) < 4.78 is 0. The topological polar surface area (TPSA) is 20.3 Å². The third kappa shape index (κ3) is 2.68. The van der Waals surface area contributed by atoms with Gasteiger partial charge in [0, 0.05) is 26.2 Å². The van der Waals surface area contributed by atoms with Gasteiger partial charge in [-0.1, -0.05) is 12.8 Å². The molecule has 0 atom stereocenters. The number of hydrogen-bond acceptors (Lipinski definition) is 2. The molecular formula is C10H17NO. The van der Waals surface area contributed by atoms with Crippen LogP contribution in [-0.2, 0) is 4.79 Å². The molecule has 0 unspecified atom stereocenters. The van der Waals surface area contributed by atoms with Crippen molar-refractivity contribution in [2.24, 2.45) is 5.92 Å². The van der Waals surface area contributed by atoms with Crippen LogP contribution in [0.3, 0.4) is 0 Å². The number of hydrogen-bond donors (Lipinski definition) is 0. The highest BCUT2D eigenvalue weighted by Crippen LogP contribution is 2.25. The molecule has 0 N–H and O–H groups in total. The molecule has 0 amide bonds. The zero-order chi connectivity index (χ0) is 8.97. The highest BCUT2D eigenvalue weighted by atomic mass is 16.1. The first kappa shape index (κ1) is 9.30. The van der Waals surface area contributed by atoms with Gasteiger partial charge in [0.15, 0.2) is 5.78 Å². The molecule has 1 fully saturated rings. The highest BCUT2D eigenvalue weighted by Gasteiger charge is 2.20. The Morgan fingerprint density at radius 2 is 1.92 bits per heavy atom. The number of allylic oxidation sites excluding steroid dienone is 1. The van der Waals surface area contributed by atoms with Crippen LogP contribution in [0.15, 0.2) is 12.3 Å².